The molecule has 1 nitrogen and oxygen atoms in total. The molecule has 1 aromatic carbocycles. The molecule has 1 aliphatic rings. The Morgan fingerprint density at radius 1 is 1.25 bits per heavy atom. The van der Waals surface area contributed by atoms with Crippen LogP contribution in [0.2, 0.25) is 0 Å². The van der Waals surface area contributed by atoms with Gasteiger partial charge in [-0.3, -0.25) is 0 Å². The molecule has 0 saturated heterocycles. The van der Waals surface area contributed by atoms with E-state index in [0.717, 1.165) is 0 Å². The van der Waals surface area contributed by atoms with Crippen molar-refractivity contribution in [1.82, 2.24) is 4.98 Å². The first-order valence-electron chi connectivity index (χ1n) is 3.88. The second-order valence-corrected chi connectivity index (χ2v) is 3.79. The number of nitrogens with one attached hydrogen (secondary N) is 1. The lowest BCUT2D eigenvalue weighted by atomic mass is 10.1. The molecule has 12 heavy (non-hydrogen) atoms. The van der Waals surface area contributed by atoms with E-state index in [1.807, 2.05) is 0 Å². The normalized spacial score (nSPS) is 14.0. The molecule has 3 rings (SSSR count). The second-order valence-electron chi connectivity index (χ2n) is 2.84. The first kappa shape index (κ1) is 6.38. The molecule has 0 saturated carbocycles. The van der Waals surface area contributed by atoms with E-state index in [2.05, 4.69) is 40.9 Å². The molecule has 1 aliphatic heterocycles. The van der Waals surface area contributed by atoms with Gasteiger partial charge < -0.3 is 4.98 Å². The minimum atomic E-state index is 1.24. The number of rotatable bonds is 0. The third-order valence-electron chi connectivity index (χ3n) is 2.14. The summed E-state index contributed by atoms with van der Waals surface area (Å²) in [4.78, 5) is 4.60. The van der Waals surface area contributed by atoms with Gasteiger partial charge in [0.2, 0.25) is 0 Å². The lowest BCUT2D eigenvalue weighted by Gasteiger charge is -2.04. The summed E-state index contributed by atoms with van der Waals surface area (Å²) in [6, 6.07) is 6.34. The van der Waals surface area contributed by atoms with E-state index in [-0.39, 0.29) is 0 Å². The van der Waals surface area contributed by atoms with Gasteiger partial charge in [-0.25, -0.2) is 0 Å². The summed E-state index contributed by atoms with van der Waals surface area (Å²) in [6.45, 7) is 0. The van der Waals surface area contributed by atoms with Gasteiger partial charge in [0.05, 0.1) is 0 Å². The van der Waals surface area contributed by atoms with Gasteiger partial charge in [-0.1, -0.05) is 23.9 Å². The maximum atomic E-state index is 3.26. The topological polar surface area (TPSA) is 15.8 Å². The maximum absolute atomic E-state index is 3.26. The highest BCUT2D eigenvalue weighted by molar-refractivity contribution is 8.02. The van der Waals surface area contributed by atoms with Gasteiger partial charge in [0, 0.05) is 22.0 Å². The first-order valence-corrected chi connectivity index (χ1v) is 4.76. The van der Waals surface area contributed by atoms with Crippen LogP contribution in [0.5, 0.6) is 0 Å². The predicted octanol–water partition coefficient (Wildman–Crippen LogP) is 3.24. The van der Waals surface area contributed by atoms with Gasteiger partial charge >= 0.3 is 0 Å². The number of aromatic nitrogens is 1. The van der Waals surface area contributed by atoms with E-state index < -0.39 is 0 Å². The van der Waals surface area contributed by atoms with Crippen molar-refractivity contribution in [3.05, 3.63) is 35.4 Å². The number of hydrogen-bond donors (Lipinski definition) is 1. The Kier molecular flexibility index (Phi) is 1.15. The Balaban J connectivity index is 2.57. The van der Waals surface area contributed by atoms with E-state index in [0.29, 0.717) is 0 Å². The molecule has 0 amide bonds. The number of thioether (sulfide) groups is 1. The molecule has 2 aromatic rings. The van der Waals surface area contributed by atoms with Crippen molar-refractivity contribution in [3.63, 3.8) is 0 Å². The third-order valence-corrected chi connectivity index (χ3v) is 2.99. The quantitative estimate of drug-likeness (QED) is 0.646. The van der Waals surface area contributed by atoms with E-state index in [1.54, 1.807) is 11.8 Å². The number of H-pyrrole nitrogens is 1. The zero-order valence-electron chi connectivity index (χ0n) is 6.37. The molecule has 1 aromatic heterocycles. The van der Waals surface area contributed by atoms with Crippen LogP contribution < -0.4 is 0 Å². The molecule has 2 heteroatoms. The van der Waals surface area contributed by atoms with Crippen molar-refractivity contribution >= 4 is 28.7 Å². The minimum absolute atomic E-state index is 1.24. The SMILES string of the molecule is C1=Cc2cccc3[nH]cc(c23)S1. The van der Waals surface area contributed by atoms with Crippen molar-refractivity contribution in [2.45, 2.75) is 4.90 Å². The van der Waals surface area contributed by atoms with Crippen molar-refractivity contribution in [2.24, 2.45) is 0 Å². The fraction of sp³-hybridized carbons (Fsp3) is 0. The summed E-state index contributed by atoms with van der Waals surface area (Å²) >= 11 is 1.78. The maximum Gasteiger partial charge on any atom is 0.0471 e. The molecular formula is C10H7NS. The lowest BCUT2D eigenvalue weighted by molar-refractivity contribution is 1.42. The second kappa shape index (κ2) is 2.17. The van der Waals surface area contributed by atoms with E-state index in [4.69, 9.17) is 0 Å². The molecular weight excluding hydrogens is 166 g/mol. The Bertz CT molecular complexity index is 468. The van der Waals surface area contributed by atoms with Crippen molar-refractivity contribution in [2.75, 3.05) is 0 Å². The zero-order valence-corrected chi connectivity index (χ0v) is 7.19. The molecule has 0 spiro atoms. The van der Waals surface area contributed by atoms with Crippen LogP contribution in [-0.4, -0.2) is 4.98 Å². The highest BCUT2D eigenvalue weighted by Crippen LogP contribution is 2.35. The van der Waals surface area contributed by atoms with E-state index in [9.17, 15) is 0 Å². The van der Waals surface area contributed by atoms with Gasteiger partial charge in [-0.2, -0.15) is 0 Å². The monoisotopic (exact) mass is 173 g/mol. The Hall–Kier alpha value is -1.15. The number of hydrogen-bond acceptors (Lipinski definition) is 1. The van der Waals surface area contributed by atoms with Crippen LogP contribution in [0.3, 0.4) is 0 Å². The predicted molar refractivity (Wildman–Crippen MR) is 53.2 cm³/mol. The summed E-state index contributed by atoms with van der Waals surface area (Å²) in [6.07, 6.45) is 4.23. The average molecular weight is 173 g/mol. The Labute approximate surface area is 74.5 Å². The summed E-state index contributed by atoms with van der Waals surface area (Å²) in [5.41, 5.74) is 2.56. The molecule has 2 heterocycles. The van der Waals surface area contributed by atoms with Gasteiger partial charge in [-0.05, 0) is 23.1 Å². The molecule has 58 valence electrons. The van der Waals surface area contributed by atoms with Crippen LogP contribution in [0, 0.1) is 0 Å². The number of benzene rings is 1. The minimum Gasteiger partial charge on any atom is -0.360 e. The Morgan fingerprint density at radius 2 is 2.25 bits per heavy atom. The van der Waals surface area contributed by atoms with Gasteiger partial charge in [-0.15, -0.1) is 0 Å². The molecule has 0 unspecified atom stereocenters. The molecule has 1 N–H and O–H groups in total. The van der Waals surface area contributed by atoms with Crippen LogP contribution in [0.1, 0.15) is 5.56 Å². The van der Waals surface area contributed by atoms with Crippen molar-refractivity contribution in [1.29, 1.82) is 0 Å². The van der Waals surface area contributed by atoms with E-state index in [1.165, 1.54) is 21.4 Å². The zero-order chi connectivity index (χ0) is 7.97. The average Bonchev–Trinajstić information content (AvgIpc) is 2.52. The number of aromatic amines is 1. The summed E-state index contributed by atoms with van der Waals surface area (Å²) < 4.78 is 0. The van der Waals surface area contributed by atoms with E-state index >= 15 is 0 Å². The third kappa shape index (κ3) is 0.703. The molecule has 0 radical (unpaired) electrons. The largest absolute Gasteiger partial charge is 0.360 e. The van der Waals surface area contributed by atoms with Crippen LogP contribution in [-0.2, 0) is 0 Å². The molecule has 0 aliphatic carbocycles. The van der Waals surface area contributed by atoms with Crippen LogP contribution in [0.25, 0.3) is 17.0 Å². The van der Waals surface area contributed by atoms with Crippen molar-refractivity contribution in [3.8, 4) is 0 Å². The van der Waals surface area contributed by atoms with Crippen LogP contribution >= 0.6 is 11.8 Å². The fourth-order valence-corrected chi connectivity index (χ4v) is 2.43. The van der Waals surface area contributed by atoms with Crippen LogP contribution in [0.4, 0.5) is 0 Å². The molecule has 0 atom stereocenters. The van der Waals surface area contributed by atoms with Gasteiger partial charge in [0.15, 0.2) is 0 Å². The molecule has 0 bridgehead atoms. The highest BCUT2D eigenvalue weighted by atomic mass is 32.2. The summed E-state index contributed by atoms with van der Waals surface area (Å²) in [5.74, 6) is 0. The Morgan fingerprint density at radius 3 is 3.25 bits per heavy atom. The molecule has 0 fully saturated rings. The van der Waals surface area contributed by atoms with Crippen molar-refractivity contribution < 1.29 is 0 Å². The highest BCUT2D eigenvalue weighted by Gasteiger charge is 2.08. The summed E-state index contributed by atoms with van der Waals surface area (Å²) in [7, 11) is 0. The summed E-state index contributed by atoms with van der Waals surface area (Å²) in [5, 5.41) is 3.50. The standard InChI is InChI=1S/C10H7NS/c1-2-7-4-5-12-9-6-11-8(3-1)10(7)9/h1-6,11H. The van der Waals surface area contributed by atoms with Gasteiger partial charge in [0.1, 0.15) is 0 Å². The first-order chi connectivity index (χ1) is 5.95. The smallest absolute Gasteiger partial charge is 0.0471 e. The fourth-order valence-electron chi connectivity index (χ4n) is 1.59. The van der Waals surface area contributed by atoms with Crippen LogP contribution in [0.15, 0.2) is 34.7 Å². The van der Waals surface area contributed by atoms with Gasteiger partial charge in [0.25, 0.3) is 0 Å². The lowest BCUT2D eigenvalue weighted by Crippen LogP contribution is -1.78.